The molecule has 2 aromatic rings. The molecule has 2 amide bonds. The average molecular weight is 276 g/mol. The summed E-state index contributed by atoms with van der Waals surface area (Å²) in [6.45, 7) is 0.293. The van der Waals surface area contributed by atoms with Crippen LogP contribution in [0.2, 0.25) is 0 Å². The van der Waals surface area contributed by atoms with Crippen molar-refractivity contribution in [1.82, 2.24) is 15.5 Å². The van der Waals surface area contributed by atoms with Gasteiger partial charge >= 0.3 is 12.0 Å². The zero-order chi connectivity index (χ0) is 14.5. The SMILES string of the molecule is O=C(NCc1cn[nH]c1)Nc1ccc(C(=O)O)c(O)c1. The van der Waals surface area contributed by atoms with Crippen LogP contribution in [0.1, 0.15) is 15.9 Å². The fraction of sp³-hybridized carbons (Fsp3) is 0.0833. The van der Waals surface area contributed by atoms with Crippen LogP contribution in [0.25, 0.3) is 0 Å². The van der Waals surface area contributed by atoms with Crippen molar-refractivity contribution in [1.29, 1.82) is 0 Å². The molecular weight excluding hydrogens is 264 g/mol. The maximum atomic E-state index is 11.6. The van der Waals surface area contributed by atoms with Crippen LogP contribution >= 0.6 is 0 Å². The molecule has 1 heterocycles. The molecule has 20 heavy (non-hydrogen) atoms. The number of nitrogens with one attached hydrogen (secondary N) is 3. The van der Waals surface area contributed by atoms with E-state index in [1.165, 1.54) is 18.2 Å². The number of phenols is 1. The highest BCUT2D eigenvalue weighted by Gasteiger charge is 2.10. The van der Waals surface area contributed by atoms with E-state index in [1.807, 2.05) is 0 Å². The number of benzene rings is 1. The van der Waals surface area contributed by atoms with E-state index in [9.17, 15) is 14.7 Å². The van der Waals surface area contributed by atoms with Crippen molar-refractivity contribution < 1.29 is 19.8 Å². The number of urea groups is 1. The minimum atomic E-state index is -1.24. The molecule has 2 rings (SSSR count). The minimum absolute atomic E-state index is 0.227. The predicted molar refractivity (Wildman–Crippen MR) is 69.5 cm³/mol. The second kappa shape index (κ2) is 5.74. The summed E-state index contributed by atoms with van der Waals surface area (Å²) in [6, 6.07) is 3.29. The van der Waals surface area contributed by atoms with Crippen LogP contribution in [0.5, 0.6) is 5.75 Å². The molecule has 0 saturated heterocycles. The summed E-state index contributed by atoms with van der Waals surface area (Å²) >= 11 is 0. The number of aromatic hydroxyl groups is 1. The van der Waals surface area contributed by atoms with Gasteiger partial charge in [-0.25, -0.2) is 9.59 Å². The lowest BCUT2D eigenvalue weighted by atomic mass is 10.2. The molecule has 0 bridgehead atoms. The van der Waals surface area contributed by atoms with E-state index < -0.39 is 17.7 Å². The molecule has 0 unspecified atom stereocenters. The standard InChI is InChI=1S/C12H12N4O4/c17-10-3-8(1-2-9(10)11(18)19)16-12(20)13-4-7-5-14-15-6-7/h1-3,5-6,17H,4H2,(H,14,15)(H,18,19)(H2,13,16,20). The number of anilines is 1. The smallest absolute Gasteiger partial charge is 0.339 e. The quantitative estimate of drug-likeness (QED) is 0.572. The van der Waals surface area contributed by atoms with Crippen molar-refractivity contribution in [2.75, 3.05) is 5.32 Å². The van der Waals surface area contributed by atoms with E-state index in [4.69, 9.17) is 5.11 Å². The Balaban J connectivity index is 1.94. The molecule has 1 aromatic carbocycles. The third-order valence-corrected chi connectivity index (χ3v) is 2.49. The van der Waals surface area contributed by atoms with E-state index in [0.717, 1.165) is 5.56 Å². The lowest BCUT2D eigenvalue weighted by Crippen LogP contribution is -2.28. The molecule has 0 aliphatic rings. The molecule has 5 N–H and O–H groups in total. The Morgan fingerprint density at radius 3 is 2.75 bits per heavy atom. The predicted octanol–water partition coefficient (Wildman–Crippen LogP) is 1.14. The summed E-state index contributed by atoms with van der Waals surface area (Å²) in [5.74, 6) is -1.65. The number of aromatic nitrogens is 2. The summed E-state index contributed by atoms with van der Waals surface area (Å²) in [5.41, 5.74) is 0.871. The zero-order valence-corrected chi connectivity index (χ0v) is 10.3. The second-order valence-electron chi connectivity index (χ2n) is 3.95. The fourth-order valence-corrected chi connectivity index (χ4v) is 1.52. The van der Waals surface area contributed by atoms with Gasteiger partial charge < -0.3 is 20.8 Å². The Morgan fingerprint density at radius 1 is 1.35 bits per heavy atom. The fourth-order valence-electron chi connectivity index (χ4n) is 1.52. The summed E-state index contributed by atoms with van der Waals surface area (Å²) in [6.07, 6.45) is 3.22. The molecule has 0 spiro atoms. The van der Waals surface area contributed by atoms with Crippen LogP contribution in [0, 0.1) is 0 Å². The molecule has 8 heteroatoms. The highest BCUT2D eigenvalue weighted by Crippen LogP contribution is 2.21. The number of H-pyrrole nitrogens is 1. The summed E-state index contributed by atoms with van der Waals surface area (Å²) in [4.78, 5) is 22.3. The van der Waals surface area contributed by atoms with Crippen molar-refractivity contribution in [3.8, 4) is 5.75 Å². The van der Waals surface area contributed by atoms with Gasteiger partial charge in [0.2, 0.25) is 0 Å². The summed E-state index contributed by atoms with van der Waals surface area (Å²) in [7, 11) is 0. The van der Waals surface area contributed by atoms with Gasteiger partial charge in [-0.1, -0.05) is 0 Å². The Bertz CT molecular complexity index is 624. The molecule has 104 valence electrons. The number of carboxylic acid groups (broad SMARTS) is 1. The van der Waals surface area contributed by atoms with Gasteiger partial charge in [-0.15, -0.1) is 0 Å². The van der Waals surface area contributed by atoms with Gasteiger partial charge in [-0.2, -0.15) is 5.10 Å². The summed E-state index contributed by atoms with van der Waals surface area (Å²) in [5, 5.41) is 29.7. The van der Waals surface area contributed by atoms with Crippen molar-refractivity contribution in [3.05, 3.63) is 41.7 Å². The van der Waals surface area contributed by atoms with Gasteiger partial charge in [0.15, 0.2) is 0 Å². The number of aromatic carboxylic acids is 1. The number of carboxylic acids is 1. The van der Waals surface area contributed by atoms with Crippen LogP contribution in [-0.4, -0.2) is 32.4 Å². The molecule has 0 atom stereocenters. The van der Waals surface area contributed by atoms with Crippen LogP contribution in [-0.2, 0) is 6.54 Å². The number of carbonyl (C=O) groups excluding carboxylic acids is 1. The molecule has 0 saturated carbocycles. The first kappa shape index (κ1) is 13.4. The van der Waals surface area contributed by atoms with E-state index in [2.05, 4.69) is 20.8 Å². The Hall–Kier alpha value is -3.03. The van der Waals surface area contributed by atoms with E-state index >= 15 is 0 Å². The van der Waals surface area contributed by atoms with Gasteiger partial charge in [0.25, 0.3) is 0 Å². The Morgan fingerprint density at radius 2 is 2.15 bits per heavy atom. The van der Waals surface area contributed by atoms with Crippen LogP contribution in [0.15, 0.2) is 30.6 Å². The number of nitrogens with zero attached hydrogens (tertiary/aromatic N) is 1. The van der Waals surface area contributed by atoms with Crippen molar-refractivity contribution in [2.45, 2.75) is 6.54 Å². The molecule has 1 aromatic heterocycles. The molecule has 0 aliphatic carbocycles. The highest BCUT2D eigenvalue weighted by atomic mass is 16.4. The van der Waals surface area contributed by atoms with Gasteiger partial charge in [0, 0.05) is 30.1 Å². The summed E-state index contributed by atoms with van der Waals surface area (Å²) < 4.78 is 0. The van der Waals surface area contributed by atoms with E-state index in [0.29, 0.717) is 6.54 Å². The van der Waals surface area contributed by atoms with Crippen LogP contribution in [0.3, 0.4) is 0 Å². The molecular formula is C12H12N4O4. The number of carbonyl (C=O) groups is 2. The van der Waals surface area contributed by atoms with Gasteiger partial charge in [0.05, 0.1) is 6.20 Å². The van der Waals surface area contributed by atoms with Gasteiger partial charge in [-0.3, -0.25) is 5.10 Å². The van der Waals surface area contributed by atoms with Crippen molar-refractivity contribution >= 4 is 17.7 Å². The van der Waals surface area contributed by atoms with Gasteiger partial charge in [0.1, 0.15) is 11.3 Å². The third kappa shape index (κ3) is 3.25. The lowest BCUT2D eigenvalue weighted by molar-refractivity contribution is 0.0694. The molecule has 0 radical (unpaired) electrons. The van der Waals surface area contributed by atoms with Crippen molar-refractivity contribution in [2.24, 2.45) is 0 Å². The van der Waals surface area contributed by atoms with Gasteiger partial charge in [-0.05, 0) is 12.1 Å². The number of rotatable bonds is 4. The lowest BCUT2D eigenvalue weighted by Gasteiger charge is -2.08. The third-order valence-electron chi connectivity index (χ3n) is 2.49. The van der Waals surface area contributed by atoms with E-state index in [-0.39, 0.29) is 11.3 Å². The Kier molecular flexibility index (Phi) is 3.85. The number of amides is 2. The average Bonchev–Trinajstić information content (AvgIpc) is 2.89. The maximum absolute atomic E-state index is 11.6. The molecule has 0 fully saturated rings. The molecule has 8 nitrogen and oxygen atoms in total. The van der Waals surface area contributed by atoms with Crippen LogP contribution in [0.4, 0.5) is 10.5 Å². The largest absolute Gasteiger partial charge is 0.507 e. The molecule has 0 aliphatic heterocycles. The minimum Gasteiger partial charge on any atom is -0.507 e. The number of aromatic amines is 1. The number of hydrogen-bond donors (Lipinski definition) is 5. The van der Waals surface area contributed by atoms with Crippen molar-refractivity contribution in [3.63, 3.8) is 0 Å². The zero-order valence-electron chi connectivity index (χ0n) is 10.3. The normalized spacial score (nSPS) is 10.0. The maximum Gasteiger partial charge on any atom is 0.339 e. The van der Waals surface area contributed by atoms with E-state index in [1.54, 1.807) is 12.4 Å². The second-order valence-corrected chi connectivity index (χ2v) is 3.95. The Labute approximate surface area is 113 Å². The first-order valence-corrected chi connectivity index (χ1v) is 5.65. The number of hydrogen-bond acceptors (Lipinski definition) is 4. The highest BCUT2D eigenvalue weighted by molar-refractivity contribution is 5.93. The first-order valence-electron chi connectivity index (χ1n) is 5.65. The first-order chi connectivity index (χ1) is 9.56. The topological polar surface area (TPSA) is 127 Å². The monoisotopic (exact) mass is 276 g/mol. The van der Waals surface area contributed by atoms with Crippen LogP contribution < -0.4 is 10.6 Å².